The van der Waals surface area contributed by atoms with Crippen LogP contribution in [0.15, 0.2) is 54.6 Å². The normalized spacial score (nSPS) is 18.3. The lowest BCUT2D eigenvalue weighted by Gasteiger charge is -2.30. The van der Waals surface area contributed by atoms with E-state index in [1.165, 1.54) is 19.1 Å². The summed E-state index contributed by atoms with van der Waals surface area (Å²) in [6.45, 7) is 0.972. The van der Waals surface area contributed by atoms with Crippen LogP contribution in [0.2, 0.25) is 0 Å². The van der Waals surface area contributed by atoms with Crippen molar-refractivity contribution in [2.24, 2.45) is 0 Å². The monoisotopic (exact) mass is 345 g/mol. The summed E-state index contributed by atoms with van der Waals surface area (Å²) in [5.41, 5.74) is 3.37. The highest BCUT2D eigenvalue weighted by Gasteiger charge is 2.31. The number of benzene rings is 2. The molecule has 1 aliphatic rings. The Kier molecular flexibility index (Phi) is 6.83. The Morgan fingerprint density at radius 3 is 2.29 bits per heavy atom. The van der Waals surface area contributed by atoms with Crippen LogP contribution in [0.1, 0.15) is 30.7 Å². The number of carbonyl (C=O) groups is 1. The molecule has 0 saturated carbocycles. The van der Waals surface area contributed by atoms with Crippen LogP contribution in [-0.4, -0.2) is 25.7 Å². The van der Waals surface area contributed by atoms with Crippen molar-refractivity contribution in [3.63, 3.8) is 0 Å². The number of nitrogens with one attached hydrogen (secondary N) is 1. The van der Waals surface area contributed by atoms with Crippen LogP contribution < -0.4 is 5.32 Å². The lowest BCUT2D eigenvalue weighted by Crippen LogP contribution is -2.42. The van der Waals surface area contributed by atoms with Crippen molar-refractivity contribution in [2.45, 2.75) is 31.2 Å². The first-order valence-electron chi connectivity index (χ1n) is 8.26. The molecule has 2 atom stereocenters. The van der Waals surface area contributed by atoms with Crippen LogP contribution in [0, 0.1) is 0 Å². The molecule has 0 aliphatic carbocycles. The van der Waals surface area contributed by atoms with E-state index in [4.69, 9.17) is 4.74 Å². The molecule has 1 aliphatic heterocycles. The standard InChI is InChI=1S/C20H23NO2.ClH/c1-23-20(22)19(18-9-5-6-14-21-18)17-12-10-16(11-13-17)15-7-3-2-4-8-15;/h2-4,7-8,10-13,18-19,21H,5-6,9,14H2,1H3;1H/t18-,19+;/m0./s1. The van der Waals surface area contributed by atoms with E-state index in [1.54, 1.807) is 0 Å². The molecule has 1 fully saturated rings. The summed E-state index contributed by atoms with van der Waals surface area (Å²) < 4.78 is 5.06. The molecule has 3 nitrogen and oxygen atoms in total. The molecular weight excluding hydrogens is 322 g/mol. The smallest absolute Gasteiger partial charge is 0.314 e. The Balaban J connectivity index is 0.00000208. The van der Waals surface area contributed by atoms with Crippen molar-refractivity contribution in [1.82, 2.24) is 5.32 Å². The zero-order valence-electron chi connectivity index (χ0n) is 13.9. The third-order valence-electron chi connectivity index (χ3n) is 4.58. The highest BCUT2D eigenvalue weighted by molar-refractivity contribution is 5.85. The largest absolute Gasteiger partial charge is 0.469 e. The van der Waals surface area contributed by atoms with Crippen LogP contribution in [0.5, 0.6) is 0 Å². The minimum Gasteiger partial charge on any atom is -0.469 e. The predicted molar refractivity (Wildman–Crippen MR) is 99.5 cm³/mol. The highest BCUT2D eigenvalue weighted by atomic mass is 35.5. The summed E-state index contributed by atoms with van der Waals surface area (Å²) in [6, 6.07) is 18.7. The number of rotatable bonds is 4. The summed E-state index contributed by atoms with van der Waals surface area (Å²) in [6.07, 6.45) is 3.35. The van der Waals surface area contributed by atoms with Gasteiger partial charge in [0, 0.05) is 6.04 Å². The van der Waals surface area contributed by atoms with Gasteiger partial charge in [-0.15, -0.1) is 12.4 Å². The maximum absolute atomic E-state index is 12.3. The number of esters is 1. The van der Waals surface area contributed by atoms with Crippen molar-refractivity contribution in [1.29, 1.82) is 0 Å². The molecule has 0 radical (unpaired) electrons. The van der Waals surface area contributed by atoms with Gasteiger partial charge in [0.1, 0.15) is 0 Å². The first-order valence-corrected chi connectivity index (χ1v) is 8.26. The molecule has 0 bridgehead atoms. The molecule has 0 unspecified atom stereocenters. The summed E-state index contributed by atoms with van der Waals surface area (Å²) in [5, 5.41) is 3.48. The fourth-order valence-electron chi connectivity index (χ4n) is 3.34. The van der Waals surface area contributed by atoms with Gasteiger partial charge in [-0.25, -0.2) is 0 Å². The summed E-state index contributed by atoms with van der Waals surface area (Å²) in [4.78, 5) is 12.3. The predicted octanol–water partition coefficient (Wildman–Crippen LogP) is 4.17. The van der Waals surface area contributed by atoms with Gasteiger partial charge in [-0.2, -0.15) is 0 Å². The van der Waals surface area contributed by atoms with Gasteiger partial charge in [-0.1, -0.05) is 61.0 Å². The zero-order valence-corrected chi connectivity index (χ0v) is 14.7. The fourth-order valence-corrected chi connectivity index (χ4v) is 3.34. The van der Waals surface area contributed by atoms with Crippen molar-refractivity contribution in [2.75, 3.05) is 13.7 Å². The molecule has 2 aromatic carbocycles. The Hall–Kier alpha value is -1.84. The third-order valence-corrected chi connectivity index (χ3v) is 4.58. The highest BCUT2D eigenvalue weighted by Crippen LogP contribution is 2.28. The number of halogens is 1. The zero-order chi connectivity index (χ0) is 16.1. The van der Waals surface area contributed by atoms with Crippen LogP contribution in [0.25, 0.3) is 11.1 Å². The van der Waals surface area contributed by atoms with Gasteiger partial charge in [0.05, 0.1) is 13.0 Å². The second-order valence-electron chi connectivity index (χ2n) is 6.05. The van der Waals surface area contributed by atoms with Crippen LogP contribution in [0.3, 0.4) is 0 Å². The molecule has 4 heteroatoms. The number of methoxy groups -OCH3 is 1. The van der Waals surface area contributed by atoms with E-state index in [2.05, 4.69) is 41.7 Å². The van der Waals surface area contributed by atoms with Gasteiger partial charge in [-0.05, 0) is 36.1 Å². The first-order chi connectivity index (χ1) is 11.3. The van der Waals surface area contributed by atoms with E-state index in [-0.39, 0.29) is 30.3 Å². The van der Waals surface area contributed by atoms with Gasteiger partial charge in [-0.3, -0.25) is 4.79 Å². The summed E-state index contributed by atoms with van der Waals surface area (Å²) >= 11 is 0. The van der Waals surface area contributed by atoms with E-state index < -0.39 is 0 Å². The van der Waals surface area contributed by atoms with Crippen molar-refractivity contribution in [3.8, 4) is 11.1 Å². The molecule has 2 aromatic rings. The number of hydrogen-bond donors (Lipinski definition) is 1. The van der Waals surface area contributed by atoms with Gasteiger partial charge in [0.2, 0.25) is 0 Å². The third kappa shape index (κ3) is 4.16. The maximum Gasteiger partial charge on any atom is 0.314 e. The second-order valence-corrected chi connectivity index (χ2v) is 6.05. The molecular formula is C20H24ClNO2. The number of ether oxygens (including phenoxy) is 1. The Bertz CT molecular complexity index is 636. The SMILES string of the molecule is COC(=O)[C@H](c1ccc(-c2ccccc2)cc1)[C@@H]1CCCCN1.Cl. The summed E-state index contributed by atoms with van der Waals surface area (Å²) in [5.74, 6) is -0.387. The van der Waals surface area contributed by atoms with Crippen molar-refractivity contribution < 1.29 is 9.53 Å². The second kappa shape index (κ2) is 8.86. The minimum absolute atomic E-state index is 0. The van der Waals surface area contributed by atoms with Gasteiger partial charge in [0.15, 0.2) is 0 Å². The van der Waals surface area contributed by atoms with E-state index in [0.717, 1.165) is 30.5 Å². The van der Waals surface area contributed by atoms with Crippen molar-refractivity contribution in [3.05, 3.63) is 60.2 Å². The molecule has 0 amide bonds. The molecule has 0 spiro atoms. The first kappa shape index (κ1) is 18.5. The molecule has 1 N–H and O–H groups in total. The quantitative estimate of drug-likeness (QED) is 0.845. The van der Waals surface area contributed by atoms with E-state index in [0.29, 0.717) is 0 Å². The topological polar surface area (TPSA) is 38.3 Å². The van der Waals surface area contributed by atoms with Gasteiger partial charge < -0.3 is 10.1 Å². The van der Waals surface area contributed by atoms with Gasteiger partial charge in [0.25, 0.3) is 0 Å². The van der Waals surface area contributed by atoms with Crippen molar-refractivity contribution >= 4 is 18.4 Å². The summed E-state index contributed by atoms with van der Waals surface area (Å²) in [7, 11) is 1.47. The van der Waals surface area contributed by atoms with Gasteiger partial charge >= 0.3 is 5.97 Å². The lowest BCUT2D eigenvalue weighted by atomic mass is 9.86. The Labute approximate surface area is 149 Å². The molecule has 3 rings (SSSR count). The molecule has 0 aromatic heterocycles. The van der Waals surface area contributed by atoms with E-state index in [1.807, 2.05) is 18.2 Å². The maximum atomic E-state index is 12.3. The molecule has 128 valence electrons. The van der Waals surface area contributed by atoms with E-state index >= 15 is 0 Å². The molecule has 1 saturated heterocycles. The average Bonchev–Trinajstić information content (AvgIpc) is 2.64. The molecule has 1 heterocycles. The fraction of sp³-hybridized carbons (Fsp3) is 0.350. The van der Waals surface area contributed by atoms with Crippen LogP contribution >= 0.6 is 12.4 Å². The Morgan fingerprint density at radius 2 is 1.71 bits per heavy atom. The van der Waals surface area contributed by atoms with Crippen LogP contribution in [-0.2, 0) is 9.53 Å². The lowest BCUT2D eigenvalue weighted by molar-refractivity contribution is -0.143. The average molecular weight is 346 g/mol. The minimum atomic E-state index is -0.231. The van der Waals surface area contributed by atoms with Crippen LogP contribution in [0.4, 0.5) is 0 Å². The number of piperidine rings is 1. The molecule has 24 heavy (non-hydrogen) atoms. The number of hydrogen-bond acceptors (Lipinski definition) is 3. The Morgan fingerprint density at radius 1 is 1.04 bits per heavy atom. The number of carbonyl (C=O) groups excluding carboxylic acids is 1. The van der Waals surface area contributed by atoms with E-state index in [9.17, 15) is 4.79 Å².